The van der Waals surface area contributed by atoms with Crippen LogP contribution in [-0.2, 0) is 4.74 Å². The topological polar surface area (TPSA) is 29.5 Å². The molecule has 0 radical (unpaired) electrons. The molecule has 1 N–H and O–H groups in total. The van der Waals surface area contributed by atoms with E-state index in [-0.39, 0.29) is 0 Å². The summed E-state index contributed by atoms with van der Waals surface area (Å²) in [6.45, 7) is 0. The number of ether oxygens (including phenoxy) is 1. The minimum Gasteiger partial charge on any atom is -0.365 e. The van der Waals surface area contributed by atoms with E-state index in [0.717, 1.165) is 31.2 Å². The molecular weight excluding hydrogens is 236 g/mol. The van der Waals surface area contributed by atoms with Gasteiger partial charge in [-0.05, 0) is 43.2 Å². The predicted molar refractivity (Wildman–Crippen MR) is 72.2 cm³/mol. The highest BCUT2D eigenvalue weighted by Gasteiger charge is 2.57. The molecule has 0 amide bonds. The summed E-state index contributed by atoms with van der Waals surface area (Å²) >= 11 is 0. The van der Waals surface area contributed by atoms with Gasteiger partial charge in [-0.15, -0.1) is 0 Å². The second-order valence-electron chi connectivity index (χ2n) is 6.44. The number of rotatable bonds is 0. The van der Waals surface area contributed by atoms with Crippen LogP contribution in [0.5, 0.6) is 0 Å². The maximum atomic E-state index is 10.5. The van der Waals surface area contributed by atoms with Crippen LogP contribution < -0.4 is 0 Å². The van der Waals surface area contributed by atoms with Gasteiger partial charge in [-0.1, -0.05) is 30.0 Å². The monoisotopic (exact) mass is 254 g/mol. The quantitative estimate of drug-likeness (QED) is 0.721. The smallest absolute Gasteiger partial charge is 0.168 e. The van der Waals surface area contributed by atoms with Crippen LogP contribution in [0.1, 0.15) is 37.7 Å². The fourth-order valence-corrected chi connectivity index (χ4v) is 4.32. The highest BCUT2D eigenvalue weighted by molar-refractivity contribution is 5.37. The van der Waals surface area contributed by atoms with Crippen molar-refractivity contribution in [3.63, 3.8) is 0 Å². The van der Waals surface area contributed by atoms with Gasteiger partial charge in [0.1, 0.15) is 5.60 Å². The van der Waals surface area contributed by atoms with Crippen LogP contribution in [0.4, 0.5) is 0 Å². The molecule has 2 heterocycles. The Hall–Kier alpha value is -1.30. The van der Waals surface area contributed by atoms with Gasteiger partial charge in [0, 0.05) is 18.4 Å². The van der Waals surface area contributed by atoms with Crippen LogP contribution in [0.3, 0.4) is 0 Å². The van der Waals surface area contributed by atoms with Crippen LogP contribution >= 0.6 is 0 Å². The zero-order valence-corrected chi connectivity index (χ0v) is 10.9. The van der Waals surface area contributed by atoms with Crippen LogP contribution in [0, 0.1) is 23.7 Å². The Bertz CT molecular complexity index is 538. The Morgan fingerprint density at radius 3 is 2.37 bits per heavy atom. The van der Waals surface area contributed by atoms with Crippen LogP contribution in [0.2, 0.25) is 0 Å². The molecule has 0 aromatic heterocycles. The van der Waals surface area contributed by atoms with Gasteiger partial charge >= 0.3 is 0 Å². The Labute approximate surface area is 113 Å². The van der Waals surface area contributed by atoms with Crippen molar-refractivity contribution in [3.8, 4) is 11.8 Å². The Morgan fingerprint density at radius 1 is 1.05 bits per heavy atom. The highest BCUT2D eigenvalue weighted by atomic mass is 16.6. The van der Waals surface area contributed by atoms with Crippen LogP contribution in [-0.4, -0.2) is 16.5 Å². The summed E-state index contributed by atoms with van der Waals surface area (Å²) in [7, 11) is 0. The van der Waals surface area contributed by atoms with Gasteiger partial charge in [0.15, 0.2) is 5.79 Å². The van der Waals surface area contributed by atoms with Gasteiger partial charge in [-0.3, -0.25) is 0 Å². The van der Waals surface area contributed by atoms with Crippen LogP contribution in [0.25, 0.3) is 0 Å². The number of hydrogen-bond donors (Lipinski definition) is 1. The third-order valence-corrected chi connectivity index (χ3v) is 4.71. The van der Waals surface area contributed by atoms with E-state index in [4.69, 9.17) is 4.74 Å². The summed E-state index contributed by atoms with van der Waals surface area (Å²) in [6, 6.07) is 10.0. The van der Waals surface area contributed by atoms with Crippen molar-refractivity contribution in [2.75, 3.05) is 0 Å². The van der Waals surface area contributed by atoms with Crippen molar-refractivity contribution in [3.05, 3.63) is 35.9 Å². The second kappa shape index (κ2) is 3.85. The second-order valence-corrected chi connectivity index (χ2v) is 6.44. The lowest BCUT2D eigenvalue weighted by atomic mass is 9.61. The average Bonchev–Trinajstić information content (AvgIpc) is 2.35. The molecule has 2 aliphatic carbocycles. The maximum absolute atomic E-state index is 10.5. The summed E-state index contributed by atoms with van der Waals surface area (Å²) in [4.78, 5) is 0. The fourth-order valence-electron chi connectivity index (χ4n) is 4.32. The standard InChI is InChI=1S/C17H18O2/c18-17-11-14-8-15(12-17)10-16(9-14,19-17)7-6-13-4-2-1-3-5-13/h1-5,14-15,18H,8-12H2. The molecule has 2 aliphatic heterocycles. The van der Waals surface area contributed by atoms with Crippen molar-refractivity contribution in [1.29, 1.82) is 0 Å². The number of benzene rings is 1. The van der Waals surface area contributed by atoms with E-state index in [1.54, 1.807) is 0 Å². The van der Waals surface area contributed by atoms with E-state index < -0.39 is 11.4 Å². The Kier molecular flexibility index (Phi) is 2.33. The molecular formula is C17H18O2. The number of hydrogen-bond acceptors (Lipinski definition) is 2. The lowest BCUT2D eigenvalue weighted by Gasteiger charge is -2.57. The molecule has 4 bridgehead atoms. The van der Waals surface area contributed by atoms with Crippen molar-refractivity contribution in [2.24, 2.45) is 11.8 Å². The summed E-state index contributed by atoms with van der Waals surface area (Å²) < 4.78 is 6.00. The summed E-state index contributed by atoms with van der Waals surface area (Å²) in [5.74, 6) is 6.86. The van der Waals surface area contributed by atoms with Crippen molar-refractivity contribution in [1.82, 2.24) is 0 Å². The molecule has 5 rings (SSSR count). The molecule has 98 valence electrons. The lowest BCUT2D eigenvalue weighted by Crippen LogP contribution is -2.60. The first-order valence-corrected chi connectivity index (χ1v) is 7.16. The Morgan fingerprint density at radius 2 is 1.74 bits per heavy atom. The SMILES string of the molecule is OC12CC3CC(C1)CC(C#Cc1ccccc1)(C3)O2. The molecule has 2 atom stereocenters. The molecule has 2 nitrogen and oxygen atoms in total. The van der Waals surface area contributed by atoms with E-state index in [9.17, 15) is 5.11 Å². The molecule has 1 aromatic carbocycles. The molecule has 19 heavy (non-hydrogen) atoms. The first-order valence-electron chi connectivity index (χ1n) is 7.16. The lowest BCUT2D eigenvalue weighted by molar-refractivity contribution is -0.338. The van der Waals surface area contributed by atoms with Gasteiger partial charge in [-0.2, -0.15) is 0 Å². The van der Waals surface area contributed by atoms with E-state index in [1.807, 2.05) is 30.3 Å². The first kappa shape index (κ1) is 11.5. The maximum Gasteiger partial charge on any atom is 0.168 e. The molecule has 2 heteroatoms. The predicted octanol–water partition coefficient (Wildman–Crippen LogP) is 2.71. The molecule has 2 unspecified atom stereocenters. The van der Waals surface area contributed by atoms with E-state index in [2.05, 4.69) is 11.8 Å². The van der Waals surface area contributed by atoms with Gasteiger partial charge in [-0.25, -0.2) is 0 Å². The van der Waals surface area contributed by atoms with Crippen molar-refractivity contribution < 1.29 is 9.84 Å². The summed E-state index contributed by atoms with van der Waals surface area (Å²) in [5, 5.41) is 10.5. The third kappa shape index (κ3) is 1.98. The summed E-state index contributed by atoms with van der Waals surface area (Å²) in [5.41, 5.74) is 0.628. The molecule has 0 spiro atoms. The molecule has 2 saturated carbocycles. The minimum atomic E-state index is -0.893. The molecule has 1 aromatic rings. The first-order chi connectivity index (χ1) is 9.15. The molecule has 4 fully saturated rings. The third-order valence-electron chi connectivity index (χ3n) is 4.71. The largest absolute Gasteiger partial charge is 0.365 e. The molecule has 4 aliphatic rings. The zero-order chi connectivity index (χ0) is 12.9. The van der Waals surface area contributed by atoms with E-state index >= 15 is 0 Å². The van der Waals surface area contributed by atoms with E-state index in [0.29, 0.717) is 11.8 Å². The zero-order valence-electron chi connectivity index (χ0n) is 10.9. The highest BCUT2D eigenvalue weighted by Crippen LogP contribution is 2.56. The fraction of sp³-hybridized carbons (Fsp3) is 0.529. The van der Waals surface area contributed by atoms with Gasteiger partial charge < -0.3 is 9.84 Å². The van der Waals surface area contributed by atoms with Crippen molar-refractivity contribution in [2.45, 2.75) is 43.5 Å². The average molecular weight is 254 g/mol. The summed E-state index contributed by atoms with van der Waals surface area (Å²) in [6.07, 6.45) is 4.84. The van der Waals surface area contributed by atoms with Gasteiger partial charge in [0.05, 0.1) is 0 Å². The minimum absolute atomic E-state index is 0.394. The number of aliphatic hydroxyl groups is 1. The van der Waals surface area contributed by atoms with Gasteiger partial charge in [0.25, 0.3) is 0 Å². The van der Waals surface area contributed by atoms with Gasteiger partial charge in [0.2, 0.25) is 0 Å². The van der Waals surface area contributed by atoms with Crippen LogP contribution in [0.15, 0.2) is 30.3 Å². The Balaban J connectivity index is 1.66. The molecule has 2 saturated heterocycles. The van der Waals surface area contributed by atoms with Crippen molar-refractivity contribution >= 4 is 0 Å². The normalized spacial score (nSPS) is 42.8. The van der Waals surface area contributed by atoms with E-state index in [1.165, 1.54) is 6.42 Å².